The zero-order valence-corrected chi connectivity index (χ0v) is 13.0. The maximum Gasteiger partial charge on any atom is 0.140 e. The smallest absolute Gasteiger partial charge is 0.140 e. The first-order chi connectivity index (χ1) is 8.70. The van der Waals surface area contributed by atoms with Gasteiger partial charge in [0.25, 0.3) is 0 Å². The number of thiophene rings is 1. The highest BCUT2D eigenvalue weighted by atomic mass is 79.9. The lowest BCUT2D eigenvalue weighted by Crippen LogP contribution is -2.10. The second-order valence-electron chi connectivity index (χ2n) is 4.34. The van der Waals surface area contributed by atoms with Gasteiger partial charge < -0.3 is 5.32 Å². The molecule has 0 aromatic carbocycles. The van der Waals surface area contributed by atoms with E-state index in [-0.39, 0.29) is 0 Å². The minimum absolute atomic E-state index is 0.349. The number of nitrogens with zero attached hydrogens (tertiary/aromatic N) is 1. The molecule has 0 fully saturated rings. The van der Waals surface area contributed by atoms with Crippen molar-refractivity contribution in [2.45, 2.75) is 32.7 Å². The molecule has 1 unspecified atom stereocenters. The SMILES string of the molecule is CCCC(Nc1ncc(C)cc1Br)c1cccs1. The van der Waals surface area contributed by atoms with Crippen molar-refractivity contribution >= 4 is 33.1 Å². The van der Waals surface area contributed by atoms with Gasteiger partial charge in [0.15, 0.2) is 0 Å². The van der Waals surface area contributed by atoms with Gasteiger partial charge in [-0.25, -0.2) is 4.98 Å². The van der Waals surface area contributed by atoms with E-state index >= 15 is 0 Å². The summed E-state index contributed by atoms with van der Waals surface area (Å²) in [5.74, 6) is 0.924. The van der Waals surface area contributed by atoms with E-state index in [0.717, 1.165) is 28.7 Å². The number of hydrogen-bond acceptors (Lipinski definition) is 3. The molecule has 4 heteroatoms. The average Bonchev–Trinajstić information content (AvgIpc) is 2.85. The molecule has 2 aromatic heterocycles. The molecule has 96 valence electrons. The zero-order valence-electron chi connectivity index (χ0n) is 10.6. The van der Waals surface area contributed by atoms with Crippen molar-refractivity contribution in [2.24, 2.45) is 0 Å². The van der Waals surface area contributed by atoms with Crippen LogP contribution in [0.1, 0.15) is 36.2 Å². The molecule has 0 amide bonds. The fourth-order valence-corrected chi connectivity index (χ4v) is 3.26. The summed E-state index contributed by atoms with van der Waals surface area (Å²) in [7, 11) is 0. The molecule has 1 N–H and O–H groups in total. The maximum absolute atomic E-state index is 4.46. The van der Waals surface area contributed by atoms with Crippen molar-refractivity contribution in [3.05, 3.63) is 44.7 Å². The predicted octanol–water partition coefficient (Wildman–Crippen LogP) is 5.17. The third kappa shape index (κ3) is 3.33. The summed E-state index contributed by atoms with van der Waals surface area (Å²) in [4.78, 5) is 5.82. The van der Waals surface area contributed by atoms with Crippen molar-refractivity contribution in [1.82, 2.24) is 4.98 Å². The monoisotopic (exact) mass is 324 g/mol. The molecule has 2 heterocycles. The number of nitrogens with one attached hydrogen (secondary N) is 1. The van der Waals surface area contributed by atoms with Gasteiger partial charge in [-0.2, -0.15) is 0 Å². The second kappa shape index (κ2) is 6.34. The van der Waals surface area contributed by atoms with Gasteiger partial charge >= 0.3 is 0 Å². The third-order valence-corrected chi connectivity index (χ3v) is 4.34. The van der Waals surface area contributed by atoms with Crippen LogP contribution >= 0.6 is 27.3 Å². The Hall–Kier alpha value is -0.870. The maximum atomic E-state index is 4.46. The van der Waals surface area contributed by atoms with Gasteiger partial charge in [0.1, 0.15) is 5.82 Å². The molecule has 0 bridgehead atoms. The summed E-state index contributed by atoms with van der Waals surface area (Å²) in [5, 5.41) is 5.65. The van der Waals surface area contributed by atoms with Crippen LogP contribution < -0.4 is 5.32 Å². The van der Waals surface area contributed by atoms with Crippen molar-refractivity contribution < 1.29 is 0 Å². The highest BCUT2D eigenvalue weighted by molar-refractivity contribution is 9.10. The van der Waals surface area contributed by atoms with E-state index in [2.05, 4.69) is 56.7 Å². The summed E-state index contributed by atoms with van der Waals surface area (Å²) in [6.45, 7) is 4.25. The van der Waals surface area contributed by atoms with Gasteiger partial charge in [-0.15, -0.1) is 11.3 Å². The zero-order chi connectivity index (χ0) is 13.0. The lowest BCUT2D eigenvalue weighted by atomic mass is 10.1. The molecule has 0 aliphatic rings. The molecule has 0 aliphatic heterocycles. The van der Waals surface area contributed by atoms with E-state index in [1.54, 1.807) is 11.3 Å². The number of hydrogen-bond donors (Lipinski definition) is 1. The topological polar surface area (TPSA) is 24.9 Å². The van der Waals surface area contributed by atoms with Crippen LogP contribution in [0.3, 0.4) is 0 Å². The van der Waals surface area contributed by atoms with Crippen molar-refractivity contribution in [2.75, 3.05) is 5.32 Å². The summed E-state index contributed by atoms with van der Waals surface area (Å²) in [6.07, 6.45) is 4.16. The van der Waals surface area contributed by atoms with Crippen LogP contribution in [0.25, 0.3) is 0 Å². The quantitative estimate of drug-likeness (QED) is 0.820. The van der Waals surface area contributed by atoms with Gasteiger partial charge in [-0.3, -0.25) is 0 Å². The minimum Gasteiger partial charge on any atom is -0.362 e. The van der Waals surface area contributed by atoms with Crippen molar-refractivity contribution in [3.63, 3.8) is 0 Å². The largest absolute Gasteiger partial charge is 0.362 e. The van der Waals surface area contributed by atoms with E-state index < -0.39 is 0 Å². The Balaban J connectivity index is 2.18. The van der Waals surface area contributed by atoms with Gasteiger partial charge in [0.05, 0.1) is 10.5 Å². The Morgan fingerprint density at radius 3 is 2.94 bits per heavy atom. The van der Waals surface area contributed by atoms with E-state index in [0.29, 0.717) is 6.04 Å². The molecular formula is C14H17BrN2S. The van der Waals surface area contributed by atoms with E-state index in [1.807, 2.05) is 13.1 Å². The number of pyridine rings is 1. The second-order valence-corrected chi connectivity index (χ2v) is 6.18. The minimum atomic E-state index is 0.349. The Morgan fingerprint density at radius 1 is 1.50 bits per heavy atom. The normalized spacial score (nSPS) is 12.4. The summed E-state index contributed by atoms with van der Waals surface area (Å²) in [6, 6.07) is 6.72. The molecular weight excluding hydrogens is 308 g/mol. The van der Waals surface area contributed by atoms with Gasteiger partial charge in [-0.1, -0.05) is 19.4 Å². The Bertz CT molecular complexity index is 497. The summed E-state index contributed by atoms with van der Waals surface area (Å²) in [5.41, 5.74) is 1.16. The van der Waals surface area contributed by atoms with Gasteiger partial charge in [-0.05, 0) is 52.4 Å². The molecule has 18 heavy (non-hydrogen) atoms. The molecule has 0 radical (unpaired) electrons. The van der Waals surface area contributed by atoms with Crippen LogP contribution in [0.4, 0.5) is 5.82 Å². The molecule has 2 nitrogen and oxygen atoms in total. The molecule has 0 saturated carbocycles. The van der Waals surface area contributed by atoms with Gasteiger partial charge in [0, 0.05) is 11.1 Å². The Morgan fingerprint density at radius 2 is 2.33 bits per heavy atom. The van der Waals surface area contributed by atoms with Crippen molar-refractivity contribution in [3.8, 4) is 0 Å². The third-order valence-electron chi connectivity index (χ3n) is 2.75. The summed E-state index contributed by atoms with van der Waals surface area (Å²) < 4.78 is 1.03. The number of rotatable bonds is 5. The average molecular weight is 325 g/mol. The lowest BCUT2D eigenvalue weighted by molar-refractivity contribution is 0.684. The molecule has 2 aromatic rings. The molecule has 0 saturated heterocycles. The Labute approximate surface area is 121 Å². The number of aromatic nitrogens is 1. The van der Waals surface area contributed by atoms with Gasteiger partial charge in [0.2, 0.25) is 0 Å². The fraction of sp³-hybridized carbons (Fsp3) is 0.357. The molecule has 1 atom stereocenters. The first-order valence-corrected chi connectivity index (χ1v) is 7.80. The first-order valence-electron chi connectivity index (χ1n) is 6.12. The number of aryl methyl sites for hydroxylation is 1. The van der Waals surface area contributed by atoms with Crippen LogP contribution in [-0.2, 0) is 0 Å². The predicted molar refractivity (Wildman–Crippen MR) is 82.3 cm³/mol. The Kier molecular flexibility index (Phi) is 4.78. The van der Waals surface area contributed by atoms with Crippen LogP contribution in [0.15, 0.2) is 34.2 Å². The van der Waals surface area contributed by atoms with E-state index in [1.165, 1.54) is 4.88 Å². The summed E-state index contributed by atoms with van der Waals surface area (Å²) >= 11 is 5.36. The van der Waals surface area contributed by atoms with Crippen LogP contribution in [0.2, 0.25) is 0 Å². The molecule has 0 spiro atoms. The van der Waals surface area contributed by atoms with Crippen molar-refractivity contribution in [1.29, 1.82) is 0 Å². The van der Waals surface area contributed by atoms with Crippen LogP contribution in [-0.4, -0.2) is 4.98 Å². The number of halogens is 1. The fourth-order valence-electron chi connectivity index (χ4n) is 1.87. The highest BCUT2D eigenvalue weighted by Crippen LogP contribution is 2.30. The molecule has 2 rings (SSSR count). The highest BCUT2D eigenvalue weighted by Gasteiger charge is 2.13. The van der Waals surface area contributed by atoms with Crippen LogP contribution in [0, 0.1) is 6.92 Å². The van der Waals surface area contributed by atoms with E-state index in [9.17, 15) is 0 Å². The standard InChI is InChI=1S/C14H17BrN2S/c1-3-5-12(13-6-4-7-18-13)17-14-11(15)8-10(2)9-16-14/h4,6-9,12H,3,5H2,1-2H3,(H,16,17). The number of anilines is 1. The van der Waals surface area contributed by atoms with Crippen LogP contribution in [0.5, 0.6) is 0 Å². The van der Waals surface area contributed by atoms with E-state index in [4.69, 9.17) is 0 Å². The first kappa shape index (κ1) is 13.6. The molecule has 0 aliphatic carbocycles. The lowest BCUT2D eigenvalue weighted by Gasteiger charge is -2.18.